The maximum Gasteiger partial charge on any atom is 0.0614 e. The van der Waals surface area contributed by atoms with Crippen molar-refractivity contribution < 1.29 is 0 Å². The van der Waals surface area contributed by atoms with Crippen molar-refractivity contribution in [2.75, 3.05) is 26.2 Å². The average Bonchev–Trinajstić information content (AvgIpc) is 2.83. The molecular formula is C17H18N2. The van der Waals surface area contributed by atoms with Crippen LogP contribution in [-0.2, 0) is 0 Å². The van der Waals surface area contributed by atoms with E-state index in [1.54, 1.807) is 0 Å². The van der Waals surface area contributed by atoms with Gasteiger partial charge in [-0.3, -0.25) is 4.90 Å². The van der Waals surface area contributed by atoms with Crippen LogP contribution in [0.1, 0.15) is 17.2 Å². The molecule has 1 fully saturated rings. The Kier molecular flexibility index (Phi) is 2.64. The zero-order valence-electron chi connectivity index (χ0n) is 11.0. The van der Waals surface area contributed by atoms with Gasteiger partial charge in [-0.15, -0.1) is 0 Å². The highest BCUT2D eigenvalue weighted by Gasteiger charge is 2.32. The Balaban J connectivity index is 1.86. The van der Waals surface area contributed by atoms with Crippen LogP contribution in [0.4, 0.5) is 0 Å². The second-order valence-electron chi connectivity index (χ2n) is 5.36. The third kappa shape index (κ3) is 1.71. The fourth-order valence-corrected chi connectivity index (χ4v) is 3.46. The molecule has 0 aromatic heterocycles. The second-order valence-corrected chi connectivity index (χ2v) is 5.36. The Bertz CT molecular complexity index is 554. The molecule has 2 aromatic rings. The van der Waals surface area contributed by atoms with E-state index in [1.165, 1.54) is 22.3 Å². The predicted molar refractivity (Wildman–Crippen MR) is 78.2 cm³/mol. The molecule has 2 aliphatic rings. The van der Waals surface area contributed by atoms with E-state index < -0.39 is 0 Å². The number of nitrogens with one attached hydrogen (secondary N) is 1. The number of rotatable bonds is 1. The zero-order valence-corrected chi connectivity index (χ0v) is 11.0. The first-order valence-electron chi connectivity index (χ1n) is 7.08. The number of nitrogens with zero attached hydrogens (tertiary/aromatic N) is 1. The van der Waals surface area contributed by atoms with Gasteiger partial charge in [0.25, 0.3) is 0 Å². The van der Waals surface area contributed by atoms with Gasteiger partial charge >= 0.3 is 0 Å². The van der Waals surface area contributed by atoms with E-state index >= 15 is 0 Å². The van der Waals surface area contributed by atoms with Gasteiger partial charge in [0.05, 0.1) is 6.04 Å². The van der Waals surface area contributed by atoms with Crippen molar-refractivity contribution in [1.29, 1.82) is 0 Å². The van der Waals surface area contributed by atoms with Crippen LogP contribution in [-0.4, -0.2) is 31.1 Å². The SMILES string of the molecule is c1ccc2c(c1)-c1ccccc1C2N1CCNCC1. The van der Waals surface area contributed by atoms with Crippen LogP contribution in [0.2, 0.25) is 0 Å². The molecule has 0 bridgehead atoms. The molecule has 96 valence electrons. The molecule has 19 heavy (non-hydrogen) atoms. The summed E-state index contributed by atoms with van der Waals surface area (Å²) >= 11 is 0. The van der Waals surface area contributed by atoms with Crippen molar-refractivity contribution in [1.82, 2.24) is 10.2 Å². The molecule has 1 heterocycles. The number of benzene rings is 2. The molecule has 0 atom stereocenters. The van der Waals surface area contributed by atoms with Gasteiger partial charge in [-0.25, -0.2) is 0 Å². The van der Waals surface area contributed by atoms with Crippen LogP contribution in [0, 0.1) is 0 Å². The van der Waals surface area contributed by atoms with Crippen LogP contribution < -0.4 is 5.32 Å². The Labute approximate surface area is 114 Å². The third-order valence-electron chi connectivity index (χ3n) is 4.32. The van der Waals surface area contributed by atoms with Gasteiger partial charge in [-0.2, -0.15) is 0 Å². The number of hydrogen-bond acceptors (Lipinski definition) is 2. The lowest BCUT2D eigenvalue weighted by Crippen LogP contribution is -2.45. The van der Waals surface area contributed by atoms with E-state index in [0.717, 1.165) is 26.2 Å². The van der Waals surface area contributed by atoms with Crippen molar-refractivity contribution in [3.63, 3.8) is 0 Å². The minimum atomic E-state index is 0.453. The van der Waals surface area contributed by atoms with Gasteiger partial charge in [0.1, 0.15) is 0 Å². The Morgan fingerprint density at radius 3 is 1.89 bits per heavy atom. The van der Waals surface area contributed by atoms with Crippen LogP contribution in [0.5, 0.6) is 0 Å². The molecule has 0 radical (unpaired) electrons. The fraction of sp³-hybridized carbons (Fsp3) is 0.294. The van der Waals surface area contributed by atoms with Gasteiger partial charge in [0.2, 0.25) is 0 Å². The van der Waals surface area contributed by atoms with E-state index in [4.69, 9.17) is 0 Å². The number of fused-ring (bicyclic) bond motifs is 3. The highest BCUT2D eigenvalue weighted by atomic mass is 15.2. The smallest absolute Gasteiger partial charge is 0.0614 e. The Morgan fingerprint density at radius 1 is 0.789 bits per heavy atom. The largest absolute Gasteiger partial charge is 0.314 e. The predicted octanol–water partition coefficient (Wildman–Crippen LogP) is 2.66. The minimum absolute atomic E-state index is 0.453. The summed E-state index contributed by atoms with van der Waals surface area (Å²) in [5.41, 5.74) is 5.79. The van der Waals surface area contributed by atoms with E-state index in [1.807, 2.05) is 0 Å². The topological polar surface area (TPSA) is 15.3 Å². The highest BCUT2D eigenvalue weighted by molar-refractivity contribution is 5.78. The molecule has 2 heteroatoms. The molecule has 0 spiro atoms. The van der Waals surface area contributed by atoms with Crippen LogP contribution in [0.15, 0.2) is 48.5 Å². The standard InChI is InChI=1S/C17H18N2/c1-3-7-15-13(5-1)14-6-2-4-8-16(14)17(15)19-11-9-18-10-12-19/h1-8,17-18H,9-12H2. The first-order valence-corrected chi connectivity index (χ1v) is 7.08. The maximum absolute atomic E-state index is 3.44. The molecule has 1 saturated heterocycles. The summed E-state index contributed by atoms with van der Waals surface area (Å²) in [7, 11) is 0. The summed E-state index contributed by atoms with van der Waals surface area (Å²) in [6.07, 6.45) is 0. The summed E-state index contributed by atoms with van der Waals surface area (Å²) in [6.45, 7) is 4.46. The molecule has 0 amide bonds. The van der Waals surface area contributed by atoms with E-state index in [-0.39, 0.29) is 0 Å². The molecule has 1 aliphatic carbocycles. The lowest BCUT2D eigenvalue weighted by atomic mass is 10.0. The third-order valence-corrected chi connectivity index (χ3v) is 4.32. The minimum Gasteiger partial charge on any atom is -0.314 e. The number of piperazine rings is 1. The number of hydrogen-bond donors (Lipinski definition) is 1. The first kappa shape index (κ1) is 11.2. The average molecular weight is 250 g/mol. The van der Waals surface area contributed by atoms with Gasteiger partial charge in [0, 0.05) is 26.2 Å². The quantitative estimate of drug-likeness (QED) is 0.837. The van der Waals surface area contributed by atoms with E-state index in [2.05, 4.69) is 58.7 Å². The maximum atomic E-state index is 3.44. The highest BCUT2D eigenvalue weighted by Crippen LogP contribution is 2.45. The van der Waals surface area contributed by atoms with Crippen molar-refractivity contribution in [3.8, 4) is 11.1 Å². The van der Waals surface area contributed by atoms with Gasteiger partial charge < -0.3 is 5.32 Å². The lowest BCUT2D eigenvalue weighted by Gasteiger charge is -2.33. The zero-order chi connectivity index (χ0) is 12.7. The summed E-state index contributed by atoms with van der Waals surface area (Å²) in [5.74, 6) is 0. The lowest BCUT2D eigenvalue weighted by molar-refractivity contribution is 0.201. The van der Waals surface area contributed by atoms with Crippen molar-refractivity contribution in [2.45, 2.75) is 6.04 Å². The Morgan fingerprint density at radius 2 is 1.32 bits per heavy atom. The molecule has 4 rings (SSSR count). The van der Waals surface area contributed by atoms with Crippen LogP contribution >= 0.6 is 0 Å². The monoisotopic (exact) mass is 250 g/mol. The van der Waals surface area contributed by atoms with Crippen molar-refractivity contribution in [2.24, 2.45) is 0 Å². The summed E-state index contributed by atoms with van der Waals surface area (Å²) in [6, 6.07) is 18.2. The Hall–Kier alpha value is -1.64. The summed E-state index contributed by atoms with van der Waals surface area (Å²) in [5, 5.41) is 3.44. The molecule has 0 unspecified atom stereocenters. The molecule has 1 N–H and O–H groups in total. The van der Waals surface area contributed by atoms with Gasteiger partial charge in [-0.1, -0.05) is 48.5 Å². The first-order chi connectivity index (χ1) is 9.45. The molecule has 2 aromatic carbocycles. The van der Waals surface area contributed by atoms with Crippen molar-refractivity contribution in [3.05, 3.63) is 59.7 Å². The summed E-state index contributed by atoms with van der Waals surface area (Å²) < 4.78 is 0. The second kappa shape index (κ2) is 4.48. The van der Waals surface area contributed by atoms with Gasteiger partial charge in [-0.05, 0) is 22.3 Å². The molecule has 2 nitrogen and oxygen atoms in total. The fourth-order valence-electron chi connectivity index (χ4n) is 3.46. The van der Waals surface area contributed by atoms with E-state index in [9.17, 15) is 0 Å². The van der Waals surface area contributed by atoms with Crippen LogP contribution in [0.25, 0.3) is 11.1 Å². The normalized spacial score (nSPS) is 19.2. The van der Waals surface area contributed by atoms with Crippen LogP contribution in [0.3, 0.4) is 0 Å². The molecular weight excluding hydrogens is 232 g/mol. The van der Waals surface area contributed by atoms with Crippen molar-refractivity contribution >= 4 is 0 Å². The molecule has 1 aliphatic heterocycles. The van der Waals surface area contributed by atoms with E-state index in [0.29, 0.717) is 6.04 Å². The summed E-state index contributed by atoms with van der Waals surface area (Å²) in [4.78, 5) is 2.61. The van der Waals surface area contributed by atoms with Gasteiger partial charge in [0.15, 0.2) is 0 Å². The molecule has 0 saturated carbocycles.